The molecule has 0 atom stereocenters. The van der Waals surface area contributed by atoms with Crippen molar-refractivity contribution in [1.82, 2.24) is 0 Å². The number of ether oxygens (including phenoxy) is 1. The van der Waals surface area contributed by atoms with Gasteiger partial charge < -0.3 is 10.1 Å². The third kappa shape index (κ3) is 5.08. The van der Waals surface area contributed by atoms with Crippen LogP contribution in [0.2, 0.25) is 0 Å². The van der Waals surface area contributed by atoms with Crippen LogP contribution in [0, 0.1) is 0 Å². The lowest BCUT2D eigenvalue weighted by Crippen LogP contribution is -2.07. The number of halogens is 1. The summed E-state index contributed by atoms with van der Waals surface area (Å²) >= 11 is 3.37. The normalized spacial score (nSPS) is 10.6. The van der Waals surface area contributed by atoms with Gasteiger partial charge in [0, 0.05) is 16.2 Å². The molecule has 3 nitrogen and oxygen atoms in total. The molecule has 0 aromatic heterocycles. The van der Waals surface area contributed by atoms with Crippen LogP contribution in [0.1, 0.15) is 12.5 Å². The molecule has 2 aromatic carbocycles. The van der Waals surface area contributed by atoms with Crippen LogP contribution in [0.15, 0.2) is 59.1 Å². The molecule has 21 heavy (non-hydrogen) atoms. The Morgan fingerprint density at radius 2 is 1.81 bits per heavy atom. The van der Waals surface area contributed by atoms with Gasteiger partial charge in [-0.25, -0.2) is 0 Å². The molecular formula is C17H16BrNO2. The van der Waals surface area contributed by atoms with Gasteiger partial charge in [-0.3, -0.25) is 4.79 Å². The summed E-state index contributed by atoms with van der Waals surface area (Å²) in [7, 11) is 0. The topological polar surface area (TPSA) is 38.3 Å². The van der Waals surface area contributed by atoms with Crippen LogP contribution in [0.25, 0.3) is 6.08 Å². The van der Waals surface area contributed by atoms with Crippen molar-refractivity contribution in [2.24, 2.45) is 0 Å². The maximum atomic E-state index is 11.8. The van der Waals surface area contributed by atoms with E-state index in [-0.39, 0.29) is 5.91 Å². The van der Waals surface area contributed by atoms with Crippen LogP contribution in [0.3, 0.4) is 0 Å². The zero-order valence-corrected chi connectivity index (χ0v) is 13.3. The summed E-state index contributed by atoms with van der Waals surface area (Å²) in [5, 5.41) is 2.80. The van der Waals surface area contributed by atoms with Gasteiger partial charge in [0.05, 0.1) is 6.61 Å². The van der Waals surface area contributed by atoms with Crippen LogP contribution >= 0.6 is 15.9 Å². The maximum Gasteiger partial charge on any atom is 0.248 e. The van der Waals surface area contributed by atoms with Crippen LogP contribution in [-0.4, -0.2) is 12.5 Å². The number of benzene rings is 2. The predicted octanol–water partition coefficient (Wildman–Crippen LogP) is 4.50. The highest BCUT2D eigenvalue weighted by atomic mass is 79.9. The van der Waals surface area contributed by atoms with E-state index in [0.717, 1.165) is 21.5 Å². The molecule has 1 amide bonds. The maximum absolute atomic E-state index is 11.8. The smallest absolute Gasteiger partial charge is 0.248 e. The monoisotopic (exact) mass is 345 g/mol. The molecule has 0 spiro atoms. The van der Waals surface area contributed by atoms with Crippen molar-refractivity contribution in [2.45, 2.75) is 6.92 Å². The molecule has 2 aromatic rings. The third-order valence-corrected chi connectivity index (χ3v) is 3.26. The molecule has 0 bridgehead atoms. The van der Waals surface area contributed by atoms with Gasteiger partial charge in [-0.15, -0.1) is 0 Å². The van der Waals surface area contributed by atoms with Crippen molar-refractivity contribution in [3.05, 3.63) is 64.6 Å². The average Bonchev–Trinajstić information content (AvgIpc) is 2.49. The first-order valence-corrected chi connectivity index (χ1v) is 7.44. The SMILES string of the molecule is CCOc1ccc(NC(=O)C=Cc2ccc(Br)cc2)cc1. The number of nitrogens with one attached hydrogen (secondary N) is 1. The van der Waals surface area contributed by atoms with Gasteiger partial charge >= 0.3 is 0 Å². The number of rotatable bonds is 5. The second kappa shape index (κ2) is 7.64. The number of hydrogen-bond donors (Lipinski definition) is 1. The largest absolute Gasteiger partial charge is 0.494 e. The fourth-order valence-corrected chi connectivity index (χ4v) is 2.00. The average molecular weight is 346 g/mol. The Hall–Kier alpha value is -2.07. The van der Waals surface area contributed by atoms with Crippen molar-refractivity contribution < 1.29 is 9.53 Å². The van der Waals surface area contributed by atoms with Crippen molar-refractivity contribution in [3.8, 4) is 5.75 Å². The van der Waals surface area contributed by atoms with Crippen molar-refractivity contribution in [2.75, 3.05) is 11.9 Å². The molecular weight excluding hydrogens is 330 g/mol. The van der Waals surface area contributed by atoms with E-state index in [1.165, 1.54) is 6.08 Å². The van der Waals surface area contributed by atoms with E-state index in [2.05, 4.69) is 21.2 Å². The Kier molecular flexibility index (Phi) is 5.58. The lowest BCUT2D eigenvalue weighted by Gasteiger charge is -2.05. The molecule has 0 aliphatic carbocycles. The van der Waals surface area contributed by atoms with Gasteiger partial charge in [0.25, 0.3) is 0 Å². The van der Waals surface area contributed by atoms with E-state index in [4.69, 9.17) is 4.74 Å². The van der Waals surface area contributed by atoms with Crippen LogP contribution in [0.4, 0.5) is 5.69 Å². The highest BCUT2D eigenvalue weighted by molar-refractivity contribution is 9.10. The highest BCUT2D eigenvalue weighted by Gasteiger charge is 1.99. The van der Waals surface area contributed by atoms with Crippen LogP contribution < -0.4 is 10.1 Å². The lowest BCUT2D eigenvalue weighted by molar-refractivity contribution is -0.111. The number of hydrogen-bond acceptors (Lipinski definition) is 2. The van der Waals surface area contributed by atoms with Gasteiger partial charge in [-0.1, -0.05) is 28.1 Å². The number of carbonyl (C=O) groups excluding carboxylic acids is 1. The number of amides is 1. The molecule has 1 N–H and O–H groups in total. The Morgan fingerprint density at radius 1 is 1.14 bits per heavy atom. The van der Waals surface area contributed by atoms with Crippen molar-refractivity contribution in [3.63, 3.8) is 0 Å². The predicted molar refractivity (Wildman–Crippen MR) is 89.4 cm³/mol. The molecule has 0 heterocycles. The van der Waals surface area contributed by atoms with Gasteiger partial charge in [0.2, 0.25) is 5.91 Å². The second-order valence-electron chi connectivity index (χ2n) is 4.33. The van der Waals surface area contributed by atoms with Crippen LogP contribution in [-0.2, 0) is 4.79 Å². The molecule has 2 rings (SSSR count). The van der Waals surface area contributed by atoms with Gasteiger partial charge in [0.15, 0.2) is 0 Å². The Balaban J connectivity index is 1.93. The first-order valence-electron chi connectivity index (χ1n) is 6.65. The third-order valence-electron chi connectivity index (χ3n) is 2.73. The fourth-order valence-electron chi connectivity index (χ4n) is 1.73. The molecule has 0 aliphatic heterocycles. The summed E-state index contributed by atoms with van der Waals surface area (Å²) in [6.45, 7) is 2.56. The van der Waals surface area contributed by atoms with Gasteiger partial charge in [-0.05, 0) is 55.0 Å². The van der Waals surface area contributed by atoms with Crippen molar-refractivity contribution >= 4 is 33.6 Å². The van der Waals surface area contributed by atoms with Gasteiger partial charge in [-0.2, -0.15) is 0 Å². The molecule has 0 unspecified atom stereocenters. The van der Waals surface area contributed by atoms with E-state index in [1.807, 2.05) is 55.5 Å². The molecule has 0 radical (unpaired) electrons. The Morgan fingerprint density at radius 3 is 2.43 bits per heavy atom. The zero-order chi connectivity index (χ0) is 15.1. The zero-order valence-electron chi connectivity index (χ0n) is 11.7. The first-order chi connectivity index (χ1) is 10.2. The molecule has 108 valence electrons. The first kappa shape index (κ1) is 15.3. The fraction of sp³-hybridized carbons (Fsp3) is 0.118. The molecule has 0 saturated heterocycles. The Labute approximate surface area is 132 Å². The second-order valence-corrected chi connectivity index (χ2v) is 5.25. The summed E-state index contributed by atoms with van der Waals surface area (Å²) in [5.41, 5.74) is 1.71. The van der Waals surface area contributed by atoms with Crippen LogP contribution in [0.5, 0.6) is 5.75 Å². The van der Waals surface area contributed by atoms with E-state index in [0.29, 0.717) is 6.61 Å². The summed E-state index contributed by atoms with van der Waals surface area (Å²) in [5.74, 6) is 0.628. The van der Waals surface area contributed by atoms with E-state index in [9.17, 15) is 4.79 Å². The minimum Gasteiger partial charge on any atom is -0.494 e. The quantitative estimate of drug-likeness (QED) is 0.810. The van der Waals surface area contributed by atoms with E-state index in [1.54, 1.807) is 6.08 Å². The molecule has 0 aliphatic rings. The van der Waals surface area contributed by atoms with E-state index >= 15 is 0 Å². The summed E-state index contributed by atoms with van der Waals surface area (Å²) in [6.07, 6.45) is 3.29. The molecule has 4 heteroatoms. The summed E-state index contributed by atoms with van der Waals surface area (Å²) in [4.78, 5) is 11.8. The highest BCUT2D eigenvalue weighted by Crippen LogP contribution is 2.16. The van der Waals surface area contributed by atoms with Gasteiger partial charge in [0.1, 0.15) is 5.75 Å². The minimum atomic E-state index is -0.165. The Bertz CT molecular complexity index is 618. The molecule has 0 fully saturated rings. The molecule has 0 saturated carbocycles. The minimum absolute atomic E-state index is 0.165. The number of anilines is 1. The summed E-state index contributed by atoms with van der Waals surface area (Å²) in [6, 6.07) is 15.0. The summed E-state index contributed by atoms with van der Waals surface area (Å²) < 4.78 is 6.36. The lowest BCUT2D eigenvalue weighted by atomic mass is 10.2. The standard InChI is InChI=1S/C17H16BrNO2/c1-2-21-16-10-8-15(9-11-16)19-17(20)12-5-13-3-6-14(18)7-4-13/h3-12H,2H2,1H3,(H,19,20). The van der Waals surface area contributed by atoms with E-state index < -0.39 is 0 Å². The van der Waals surface area contributed by atoms with Crippen molar-refractivity contribution in [1.29, 1.82) is 0 Å². The number of carbonyl (C=O) groups is 1.